The highest BCUT2D eigenvalue weighted by Crippen LogP contribution is 2.32. The van der Waals surface area contributed by atoms with Crippen LogP contribution in [0.5, 0.6) is 0 Å². The molecule has 3 aromatic rings. The van der Waals surface area contributed by atoms with Crippen LogP contribution < -0.4 is 4.90 Å². The summed E-state index contributed by atoms with van der Waals surface area (Å²) in [5.41, 5.74) is 3.52. The van der Waals surface area contributed by atoms with Crippen LogP contribution >= 0.6 is 11.3 Å². The van der Waals surface area contributed by atoms with E-state index >= 15 is 0 Å². The first kappa shape index (κ1) is 21.9. The van der Waals surface area contributed by atoms with Gasteiger partial charge >= 0.3 is 0 Å². The Morgan fingerprint density at radius 3 is 2.37 bits per heavy atom. The smallest absolute Gasteiger partial charge is 0.269 e. The van der Waals surface area contributed by atoms with E-state index in [1.54, 1.807) is 4.90 Å². The van der Waals surface area contributed by atoms with E-state index in [1.165, 1.54) is 35.6 Å². The number of fused-ring (bicyclic) bond motifs is 1. The van der Waals surface area contributed by atoms with Crippen molar-refractivity contribution >= 4 is 38.3 Å². The number of thiazole rings is 1. The Kier molecular flexibility index (Phi) is 6.79. The number of nitro benzene ring substituents is 1. The van der Waals surface area contributed by atoms with E-state index in [1.807, 2.05) is 13.8 Å². The lowest BCUT2D eigenvalue weighted by atomic mass is 10.1. The summed E-state index contributed by atoms with van der Waals surface area (Å²) in [6.07, 6.45) is 0. The third-order valence-corrected chi connectivity index (χ3v) is 6.18. The number of likely N-dealkylation sites (N-methyl/N-ethyl adjacent to an activating group) is 1. The van der Waals surface area contributed by atoms with Gasteiger partial charge in [0.15, 0.2) is 5.13 Å². The predicted octanol–water partition coefficient (Wildman–Crippen LogP) is 4.81. The number of nitrogens with zero attached hydrogens (tertiary/aromatic N) is 4. The fourth-order valence-corrected chi connectivity index (χ4v) is 4.59. The molecule has 3 rings (SSSR count). The first-order chi connectivity index (χ1) is 14.3. The van der Waals surface area contributed by atoms with Crippen molar-refractivity contribution in [1.82, 2.24) is 9.88 Å². The van der Waals surface area contributed by atoms with Crippen LogP contribution in [0, 0.1) is 24.0 Å². The standard InChI is InChI=1S/C22H26N4O3S/c1-5-24(6-2)11-12-25(21(27)17-7-9-18(10-8-17)26(28)29)22-23-20-16(4)13-15(3)14-19(20)30-22/h7-10,13-14H,5-6,11-12H2,1-4H3. The Hall–Kier alpha value is -2.84. The molecule has 0 radical (unpaired) electrons. The van der Waals surface area contributed by atoms with Crippen LogP contribution in [0.4, 0.5) is 10.8 Å². The summed E-state index contributed by atoms with van der Waals surface area (Å²) >= 11 is 1.50. The first-order valence-corrected chi connectivity index (χ1v) is 10.8. The lowest BCUT2D eigenvalue weighted by molar-refractivity contribution is -0.384. The van der Waals surface area contributed by atoms with Gasteiger partial charge in [0.05, 0.1) is 15.1 Å². The fraction of sp³-hybridized carbons (Fsp3) is 0.364. The highest BCUT2D eigenvalue weighted by Gasteiger charge is 2.23. The molecule has 0 bridgehead atoms. The number of nitro groups is 1. The van der Waals surface area contributed by atoms with Crippen LogP contribution in [-0.4, -0.2) is 46.9 Å². The number of anilines is 1. The van der Waals surface area contributed by atoms with Crippen molar-refractivity contribution in [1.29, 1.82) is 0 Å². The largest absolute Gasteiger partial charge is 0.302 e. The van der Waals surface area contributed by atoms with Gasteiger partial charge in [0.2, 0.25) is 0 Å². The number of carbonyl (C=O) groups excluding carboxylic acids is 1. The molecule has 0 N–H and O–H groups in total. The molecular formula is C22H26N4O3S. The van der Waals surface area contributed by atoms with Gasteiger partial charge in [-0.15, -0.1) is 0 Å². The van der Waals surface area contributed by atoms with Crippen LogP contribution in [0.2, 0.25) is 0 Å². The van der Waals surface area contributed by atoms with Gasteiger partial charge in [-0.3, -0.25) is 19.8 Å². The Morgan fingerprint density at radius 2 is 1.77 bits per heavy atom. The van der Waals surface area contributed by atoms with Gasteiger partial charge in [0.1, 0.15) is 0 Å². The molecule has 0 unspecified atom stereocenters. The van der Waals surface area contributed by atoms with E-state index in [2.05, 4.69) is 30.9 Å². The van der Waals surface area contributed by atoms with Crippen LogP contribution in [0.3, 0.4) is 0 Å². The number of hydrogen-bond donors (Lipinski definition) is 0. The molecule has 0 aliphatic rings. The van der Waals surface area contributed by atoms with Gasteiger partial charge in [0.25, 0.3) is 11.6 Å². The third-order valence-electron chi connectivity index (χ3n) is 5.15. The molecule has 8 heteroatoms. The summed E-state index contributed by atoms with van der Waals surface area (Å²) in [5.74, 6) is -0.203. The average Bonchev–Trinajstić information content (AvgIpc) is 3.15. The number of carbonyl (C=O) groups is 1. The second-order valence-corrected chi connectivity index (χ2v) is 8.22. The number of amides is 1. The van der Waals surface area contributed by atoms with E-state index in [-0.39, 0.29) is 11.6 Å². The zero-order valence-corrected chi connectivity index (χ0v) is 18.5. The summed E-state index contributed by atoms with van der Waals surface area (Å²) in [7, 11) is 0. The van der Waals surface area contributed by atoms with E-state index in [4.69, 9.17) is 4.98 Å². The summed E-state index contributed by atoms with van der Waals surface area (Å²) < 4.78 is 1.05. The molecule has 0 aliphatic heterocycles. The molecule has 1 aromatic heterocycles. The lowest BCUT2D eigenvalue weighted by Crippen LogP contribution is -2.38. The molecule has 2 aromatic carbocycles. The quantitative estimate of drug-likeness (QED) is 0.381. The number of hydrogen-bond acceptors (Lipinski definition) is 6. The maximum Gasteiger partial charge on any atom is 0.269 e. The zero-order chi connectivity index (χ0) is 21.8. The number of aromatic nitrogens is 1. The lowest BCUT2D eigenvalue weighted by Gasteiger charge is -2.24. The molecule has 158 valence electrons. The van der Waals surface area contributed by atoms with Gasteiger partial charge in [0, 0.05) is 30.8 Å². The van der Waals surface area contributed by atoms with E-state index in [0.717, 1.165) is 41.0 Å². The highest BCUT2D eigenvalue weighted by molar-refractivity contribution is 7.22. The molecule has 7 nitrogen and oxygen atoms in total. The molecule has 1 amide bonds. The number of rotatable bonds is 8. The van der Waals surface area contributed by atoms with E-state index in [0.29, 0.717) is 17.2 Å². The Bertz CT molecular complexity index is 1060. The average molecular weight is 427 g/mol. The first-order valence-electron chi connectivity index (χ1n) is 10.0. The molecular weight excluding hydrogens is 400 g/mol. The summed E-state index contributed by atoms with van der Waals surface area (Å²) in [5, 5.41) is 11.6. The summed E-state index contributed by atoms with van der Waals surface area (Å²) in [6.45, 7) is 11.3. The van der Waals surface area contributed by atoms with Gasteiger partial charge < -0.3 is 4.90 Å². The zero-order valence-electron chi connectivity index (χ0n) is 17.7. The molecule has 0 saturated carbocycles. The molecule has 0 fully saturated rings. The Labute approximate surface area is 180 Å². The van der Waals surface area contributed by atoms with Crippen molar-refractivity contribution in [2.45, 2.75) is 27.7 Å². The SMILES string of the molecule is CCN(CC)CCN(C(=O)c1ccc([N+](=O)[O-])cc1)c1nc2c(C)cc(C)cc2s1. The van der Waals surface area contributed by atoms with E-state index < -0.39 is 4.92 Å². The van der Waals surface area contributed by atoms with Gasteiger partial charge in [-0.1, -0.05) is 31.3 Å². The summed E-state index contributed by atoms with van der Waals surface area (Å²) in [4.78, 5) is 32.5. The molecule has 0 atom stereocenters. The fourth-order valence-electron chi connectivity index (χ4n) is 3.42. The minimum atomic E-state index is -0.467. The monoisotopic (exact) mass is 426 g/mol. The Balaban J connectivity index is 1.98. The van der Waals surface area contributed by atoms with Crippen LogP contribution in [-0.2, 0) is 0 Å². The second-order valence-electron chi connectivity index (χ2n) is 7.21. The summed E-state index contributed by atoms with van der Waals surface area (Å²) in [6, 6.07) is 9.91. The topological polar surface area (TPSA) is 79.6 Å². The van der Waals surface area contributed by atoms with Crippen molar-refractivity contribution in [3.8, 4) is 0 Å². The van der Waals surface area contributed by atoms with Crippen molar-refractivity contribution < 1.29 is 9.72 Å². The van der Waals surface area contributed by atoms with Crippen molar-refractivity contribution in [2.75, 3.05) is 31.1 Å². The van der Waals surface area contributed by atoms with Gasteiger partial charge in [-0.2, -0.15) is 0 Å². The molecule has 0 spiro atoms. The number of aryl methyl sites for hydroxylation is 2. The molecule has 0 aliphatic carbocycles. The Morgan fingerprint density at radius 1 is 1.10 bits per heavy atom. The minimum Gasteiger partial charge on any atom is -0.302 e. The second kappa shape index (κ2) is 9.32. The van der Waals surface area contributed by atoms with Crippen LogP contribution in [0.1, 0.15) is 35.3 Å². The number of benzene rings is 2. The normalized spacial score (nSPS) is 11.2. The van der Waals surface area contributed by atoms with Crippen molar-refractivity contribution in [3.63, 3.8) is 0 Å². The maximum atomic E-state index is 13.3. The van der Waals surface area contributed by atoms with E-state index in [9.17, 15) is 14.9 Å². The molecule has 30 heavy (non-hydrogen) atoms. The van der Waals surface area contributed by atoms with Crippen molar-refractivity contribution in [2.24, 2.45) is 0 Å². The highest BCUT2D eigenvalue weighted by atomic mass is 32.1. The number of non-ortho nitro benzene ring substituents is 1. The van der Waals surface area contributed by atoms with Gasteiger partial charge in [-0.25, -0.2) is 4.98 Å². The minimum absolute atomic E-state index is 0.0349. The van der Waals surface area contributed by atoms with Gasteiger partial charge in [-0.05, 0) is 56.3 Å². The van der Waals surface area contributed by atoms with Crippen LogP contribution in [0.15, 0.2) is 36.4 Å². The van der Waals surface area contributed by atoms with Crippen LogP contribution in [0.25, 0.3) is 10.2 Å². The third kappa shape index (κ3) is 4.66. The van der Waals surface area contributed by atoms with Crippen molar-refractivity contribution in [3.05, 3.63) is 63.2 Å². The molecule has 0 saturated heterocycles. The molecule has 1 heterocycles. The maximum absolute atomic E-state index is 13.3. The predicted molar refractivity (Wildman–Crippen MR) is 122 cm³/mol.